The molecule has 2 heterocycles. The van der Waals surface area contributed by atoms with E-state index in [1.165, 1.54) is 9.75 Å². The smallest absolute Gasteiger partial charge is 0.203 e. The van der Waals surface area contributed by atoms with Gasteiger partial charge in [-0.3, -0.25) is 0 Å². The van der Waals surface area contributed by atoms with E-state index in [1.54, 1.807) is 0 Å². The Balaban J connectivity index is 1.98. The van der Waals surface area contributed by atoms with Gasteiger partial charge in [-0.25, -0.2) is 4.98 Å². The number of anilines is 1. The van der Waals surface area contributed by atoms with E-state index in [4.69, 9.17) is 0 Å². The molecule has 0 saturated heterocycles. The monoisotopic (exact) mass is 263 g/mol. The van der Waals surface area contributed by atoms with Crippen LogP contribution >= 0.6 is 11.3 Å². The first-order chi connectivity index (χ1) is 8.56. The van der Waals surface area contributed by atoms with Crippen LogP contribution in [0.5, 0.6) is 0 Å². The van der Waals surface area contributed by atoms with Gasteiger partial charge in [0.05, 0.1) is 0 Å². The van der Waals surface area contributed by atoms with E-state index in [2.05, 4.69) is 54.7 Å². The summed E-state index contributed by atoms with van der Waals surface area (Å²) in [7, 11) is 0. The van der Waals surface area contributed by atoms with Crippen LogP contribution in [0.25, 0.3) is 0 Å². The zero-order chi connectivity index (χ0) is 13.1. The van der Waals surface area contributed by atoms with Crippen molar-refractivity contribution in [1.82, 2.24) is 9.55 Å². The van der Waals surface area contributed by atoms with Crippen LogP contribution in [0.2, 0.25) is 0 Å². The van der Waals surface area contributed by atoms with Crippen molar-refractivity contribution in [3.8, 4) is 0 Å². The Kier molecular flexibility index (Phi) is 4.07. The van der Waals surface area contributed by atoms with Gasteiger partial charge in [0, 0.05) is 40.7 Å². The summed E-state index contributed by atoms with van der Waals surface area (Å²) >= 11 is 1.87. The van der Waals surface area contributed by atoms with E-state index in [-0.39, 0.29) is 0 Å². The summed E-state index contributed by atoms with van der Waals surface area (Å²) in [6.07, 6.45) is 4.92. The van der Waals surface area contributed by atoms with Gasteiger partial charge in [-0.05, 0) is 39.8 Å². The molecule has 0 fully saturated rings. The van der Waals surface area contributed by atoms with Crippen LogP contribution in [-0.2, 0) is 6.42 Å². The number of aromatic nitrogens is 2. The highest BCUT2D eigenvalue weighted by Gasteiger charge is 2.10. The fraction of sp³-hybridized carbons (Fsp3) is 0.500. The summed E-state index contributed by atoms with van der Waals surface area (Å²) in [5, 5.41) is 3.49. The molecular weight excluding hydrogens is 242 g/mol. The zero-order valence-electron chi connectivity index (χ0n) is 11.5. The third kappa shape index (κ3) is 3.13. The van der Waals surface area contributed by atoms with Crippen LogP contribution in [0.1, 0.15) is 36.6 Å². The van der Waals surface area contributed by atoms with Gasteiger partial charge in [0.25, 0.3) is 0 Å². The molecule has 3 nitrogen and oxygen atoms in total. The standard InChI is InChI=1S/C14H21N3S/c1-10(2)17-8-7-15-14(17)16-11(3)9-13-6-5-12(4)18-13/h5-8,10-11H,9H2,1-4H3,(H,15,16). The minimum atomic E-state index is 0.392. The third-order valence-corrected chi connectivity index (χ3v) is 3.93. The lowest BCUT2D eigenvalue weighted by Crippen LogP contribution is -2.20. The SMILES string of the molecule is Cc1ccc(CC(C)Nc2nccn2C(C)C)s1. The molecule has 0 bridgehead atoms. The zero-order valence-corrected chi connectivity index (χ0v) is 12.3. The molecule has 0 saturated carbocycles. The van der Waals surface area contributed by atoms with Crippen molar-refractivity contribution >= 4 is 17.3 Å². The Bertz CT molecular complexity index is 499. The second-order valence-corrected chi connectivity index (χ2v) is 6.39. The van der Waals surface area contributed by atoms with Crippen LogP contribution < -0.4 is 5.32 Å². The fourth-order valence-corrected chi connectivity index (χ4v) is 3.03. The number of hydrogen-bond acceptors (Lipinski definition) is 3. The minimum absolute atomic E-state index is 0.392. The van der Waals surface area contributed by atoms with E-state index in [1.807, 2.05) is 23.7 Å². The molecule has 1 atom stereocenters. The Morgan fingerprint density at radius 1 is 1.33 bits per heavy atom. The minimum Gasteiger partial charge on any atom is -0.353 e. The van der Waals surface area contributed by atoms with Crippen molar-refractivity contribution in [3.63, 3.8) is 0 Å². The quantitative estimate of drug-likeness (QED) is 0.887. The molecule has 1 N–H and O–H groups in total. The second kappa shape index (κ2) is 5.57. The highest BCUT2D eigenvalue weighted by Crippen LogP contribution is 2.19. The second-order valence-electron chi connectivity index (χ2n) is 5.01. The molecule has 0 spiro atoms. The van der Waals surface area contributed by atoms with Crippen molar-refractivity contribution < 1.29 is 0 Å². The molecule has 4 heteroatoms. The molecule has 0 amide bonds. The maximum absolute atomic E-state index is 4.38. The average molecular weight is 263 g/mol. The number of aryl methyl sites for hydroxylation is 1. The molecule has 98 valence electrons. The third-order valence-electron chi connectivity index (χ3n) is 2.90. The Labute approximate surface area is 113 Å². The van der Waals surface area contributed by atoms with Crippen LogP contribution in [0.4, 0.5) is 5.95 Å². The largest absolute Gasteiger partial charge is 0.353 e. The van der Waals surface area contributed by atoms with Crippen molar-refractivity contribution in [2.24, 2.45) is 0 Å². The number of hydrogen-bond donors (Lipinski definition) is 1. The number of rotatable bonds is 5. The van der Waals surface area contributed by atoms with Crippen molar-refractivity contribution in [2.75, 3.05) is 5.32 Å². The number of nitrogens with one attached hydrogen (secondary N) is 1. The predicted molar refractivity (Wildman–Crippen MR) is 78.5 cm³/mol. The molecule has 18 heavy (non-hydrogen) atoms. The lowest BCUT2D eigenvalue weighted by molar-refractivity contribution is 0.599. The van der Waals surface area contributed by atoms with Gasteiger partial charge in [0.15, 0.2) is 0 Å². The van der Waals surface area contributed by atoms with Gasteiger partial charge in [-0.1, -0.05) is 0 Å². The molecule has 0 aromatic carbocycles. The maximum Gasteiger partial charge on any atom is 0.203 e. The lowest BCUT2D eigenvalue weighted by Gasteiger charge is -2.17. The first kappa shape index (κ1) is 13.1. The number of nitrogens with zero attached hydrogens (tertiary/aromatic N) is 2. The first-order valence-electron chi connectivity index (χ1n) is 6.41. The fourth-order valence-electron chi connectivity index (χ4n) is 2.01. The Morgan fingerprint density at radius 3 is 2.72 bits per heavy atom. The van der Waals surface area contributed by atoms with Crippen LogP contribution in [-0.4, -0.2) is 15.6 Å². The van der Waals surface area contributed by atoms with Crippen LogP contribution in [0, 0.1) is 6.92 Å². The molecular formula is C14H21N3S. The molecule has 2 rings (SSSR count). The normalized spacial score (nSPS) is 12.9. The summed E-state index contributed by atoms with van der Waals surface area (Å²) in [4.78, 5) is 7.18. The maximum atomic E-state index is 4.38. The number of imidazole rings is 1. The molecule has 0 aliphatic heterocycles. The van der Waals surface area contributed by atoms with E-state index in [0.29, 0.717) is 12.1 Å². The van der Waals surface area contributed by atoms with E-state index in [0.717, 1.165) is 12.4 Å². The molecule has 0 aliphatic rings. The lowest BCUT2D eigenvalue weighted by atomic mass is 10.2. The van der Waals surface area contributed by atoms with Crippen molar-refractivity contribution in [2.45, 2.75) is 46.2 Å². The average Bonchev–Trinajstić information content (AvgIpc) is 2.87. The summed E-state index contributed by atoms with van der Waals surface area (Å²) in [5.41, 5.74) is 0. The van der Waals surface area contributed by atoms with Crippen LogP contribution in [0.3, 0.4) is 0 Å². The van der Waals surface area contributed by atoms with Gasteiger partial charge < -0.3 is 9.88 Å². The van der Waals surface area contributed by atoms with Gasteiger partial charge in [-0.2, -0.15) is 0 Å². The molecule has 1 unspecified atom stereocenters. The van der Waals surface area contributed by atoms with Gasteiger partial charge >= 0.3 is 0 Å². The van der Waals surface area contributed by atoms with E-state index < -0.39 is 0 Å². The molecule has 2 aromatic rings. The van der Waals surface area contributed by atoms with E-state index >= 15 is 0 Å². The summed E-state index contributed by atoms with van der Waals surface area (Å²) < 4.78 is 2.16. The van der Waals surface area contributed by atoms with Crippen molar-refractivity contribution in [3.05, 3.63) is 34.3 Å². The topological polar surface area (TPSA) is 29.9 Å². The first-order valence-corrected chi connectivity index (χ1v) is 7.22. The highest BCUT2D eigenvalue weighted by atomic mass is 32.1. The van der Waals surface area contributed by atoms with E-state index in [9.17, 15) is 0 Å². The van der Waals surface area contributed by atoms with Gasteiger partial charge in [0.2, 0.25) is 5.95 Å². The summed E-state index contributed by atoms with van der Waals surface area (Å²) in [6.45, 7) is 8.69. The van der Waals surface area contributed by atoms with Crippen molar-refractivity contribution in [1.29, 1.82) is 0 Å². The van der Waals surface area contributed by atoms with Gasteiger partial charge in [-0.15, -0.1) is 11.3 Å². The van der Waals surface area contributed by atoms with Crippen LogP contribution in [0.15, 0.2) is 24.5 Å². The Hall–Kier alpha value is -1.29. The van der Waals surface area contributed by atoms with Gasteiger partial charge in [0.1, 0.15) is 0 Å². The molecule has 2 aromatic heterocycles. The summed E-state index contributed by atoms with van der Waals surface area (Å²) in [6, 6.07) is 5.23. The highest BCUT2D eigenvalue weighted by molar-refractivity contribution is 7.11. The summed E-state index contributed by atoms with van der Waals surface area (Å²) in [5.74, 6) is 0.964. The molecule has 0 radical (unpaired) electrons. The predicted octanol–water partition coefficient (Wildman–Crippen LogP) is 3.88. The Morgan fingerprint density at radius 2 is 2.11 bits per heavy atom. The number of thiophene rings is 1. The molecule has 0 aliphatic carbocycles.